The van der Waals surface area contributed by atoms with Crippen molar-refractivity contribution in [3.8, 4) is 17.2 Å². The van der Waals surface area contributed by atoms with Gasteiger partial charge in [0.05, 0.1) is 20.6 Å². The van der Waals surface area contributed by atoms with Gasteiger partial charge in [0.1, 0.15) is 17.2 Å². The fraction of sp³-hybridized carbons (Fsp3) is 0.235. The van der Waals surface area contributed by atoms with E-state index in [1.165, 1.54) is 0 Å². The second-order valence-electron chi connectivity index (χ2n) is 4.88. The summed E-state index contributed by atoms with van der Waals surface area (Å²) in [7, 11) is 3.25. The number of ether oxygens (including phenoxy) is 3. The van der Waals surface area contributed by atoms with Gasteiger partial charge >= 0.3 is 5.97 Å². The molecule has 1 atom stereocenters. The van der Waals surface area contributed by atoms with Gasteiger partial charge in [0.2, 0.25) is 0 Å². The zero-order valence-electron chi connectivity index (χ0n) is 12.0. The SMILES string of the molecule is COc1ccc2c(c1)[C@H](c1ccccc1OC)CC(=O)O2. The summed E-state index contributed by atoms with van der Waals surface area (Å²) in [6, 6.07) is 13.2. The Morgan fingerprint density at radius 3 is 2.62 bits per heavy atom. The highest BCUT2D eigenvalue weighted by Gasteiger charge is 2.30. The third-order valence-corrected chi connectivity index (χ3v) is 3.70. The third-order valence-electron chi connectivity index (χ3n) is 3.70. The molecule has 0 radical (unpaired) electrons. The van der Waals surface area contributed by atoms with E-state index < -0.39 is 0 Å². The Kier molecular flexibility index (Phi) is 3.52. The van der Waals surface area contributed by atoms with Crippen molar-refractivity contribution >= 4 is 5.97 Å². The van der Waals surface area contributed by atoms with Crippen molar-refractivity contribution in [3.05, 3.63) is 53.6 Å². The first kappa shape index (κ1) is 13.5. The highest BCUT2D eigenvalue weighted by atomic mass is 16.5. The minimum Gasteiger partial charge on any atom is -0.497 e. The molecule has 1 aliphatic rings. The fourth-order valence-corrected chi connectivity index (χ4v) is 2.69. The maximum Gasteiger partial charge on any atom is 0.312 e. The zero-order valence-corrected chi connectivity index (χ0v) is 12.0. The number of fused-ring (bicyclic) bond motifs is 1. The van der Waals surface area contributed by atoms with Crippen molar-refractivity contribution in [2.24, 2.45) is 0 Å². The fourth-order valence-electron chi connectivity index (χ4n) is 2.69. The molecule has 4 nitrogen and oxygen atoms in total. The number of carbonyl (C=O) groups excluding carboxylic acids is 1. The summed E-state index contributed by atoms with van der Waals surface area (Å²) < 4.78 is 16.0. The number of esters is 1. The lowest BCUT2D eigenvalue weighted by atomic mass is 9.86. The molecule has 0 N–H and O–H groups in total. The van der Waals surface area contributed by atoms with Gasteiger partial charge in [0.25, 0.3) is 0 Å². The van der Waals surface area contributed by atoms with Crippen LogP contribution in [-0.2, 0) is 4.79 Å². The van der Waals surface area contributed by atoms with Crippen LogP contribution in [0.25, 0.3) is 0 Å². The van der Waals surface area contributed by atoms with Crippen molar-refractivity contribution in [3.63, 3.8) is 0 Å². The summed E-state index contributed by atoms with van der Waals surface area (Å²) in [6.07, 6.45) is 0.292. The molecule has 0 spiro atoms. The van der Waals surface area contributed by atoms with Gasteiger partial charge in [-0.1, -0.05) is 18.2 Å². The van der Waals surface area contributed by atoms with Gasteiger partial charge in [-0.2, -0.15) is 0 Å². The number of benzene rings is 2. The van der Waals surface area contributed by atoms with E-state index in [4.69, 9.17) is 14.2 Å². The summed E-state index contributed by atoms with van der Waals surface area (Å²) >= 11 is 0. The van der Waals surface area contributed by atoms with Gasteiger partial charge in [0.15, 0.2) is 0 Å². The van der Waals surface area contributed by atoms with Crippen molar-refractivity contribution in [1.29, 1.82) is 0 Å². The van der Waals surface area contributed by atoms with E-state index in [0.717, 1.165) is 22.6 Å². The Bertz CT molecular complexity index is 678. The molecule has 0 aliphatic carbocycles. The Morgan fingerprint density at radius 1 is 1.05 bits per heavy atom. The molecule has 4 heteroatoms. The van der Waals surface area contributed by atoms with E-state index >= 15 is 0 Å². The average Bonchev–Trinajstić information content (AvgIpc) is 2.53. The molecule has 3 rings (SSSR count). The lowest BCUT2D eigenvalue weighted by Gasteiger charge is -2.26. The molecule has 108 valence electrons. The van der Waals surface area contributed by atoms with Crippen LogP contribution >= 0.6 is 0 Å². The number of para-hydroxylation sites is 1. The number of hydrogen-bond acceptors (Lipinski definition) is 4. The Morgan fingerprint density at radius 2 is 1.86 bits per heavy atom. The van der Waals surface area contributed by atoms with Gasteiger partial charge in [-0.3, -0.25) is 4.79 Å². The average molecular weight is 284 g/mol. The molecule has 0 saturated carbocycles. The van der Waals surface area contributed by atoms with Gasteiger partial charge in [-0.25, -0.2) is 0 Å². The summed E-state index contributed by atoms with van der Waals surface area (Å²) in [6.45, 7) is 0. The Hall–Kier alpha value is -2.49. The van der Waals surface area contributed by atoms with E-state index in [1.54, 1.807) is 26.4 Å². The second-order valence-corrected chi connectivity index (χ2v) is 4.88. The topological polar surface area (TPSA) is 44.8 Å². The minimum absolute atomic E-state index is 0.0903. The Balaban J connectivity index is 2.13. The lowest BCUT2D eigenvalue weighted by Crippen LogP contribution is -2.21. The molecule has 2 aromatic carbocycles. The predicted octanol–water partition coefficient (Wildman–Crippen LogP) is 3.14. The molecular weight excluding hydrogens is 268 g/mol. The van der Waals surface area contributed by atoms with E-state index in [2.05, 4.69) is 0 Å². The largest absolute Gasteiger partial charge is 0.497 e. The van der Waals surface area contributed by atoms with Crippen molar-refractivity contribution in [2.45, 2.75) is 12.3 Å². The maximum absolute atomic E-state index is 11.9. The summed E-state index contributed by atoms with van der Waals surface area (Å²) in [5, 5.41) is 0. The number of carbonyl (C=O) groups is 1. The molecule has 0 amide bonds. The van der Waals surface area contributed by atoms with Crippen LogP contribution in [0, 0.1) is 0 Å². The van der Waals surface area contributed by atoms with Gasteiger partial charge in [-0.05, 0) is 24.3 Å². The van der Waals surface area contributed by atoms with Gasteiger partial charge < -0.3 is 14.2 Å². The van der Waals surface area contributed by atoms with Crippen molar-refractivity contribution in [1.82, 2.24) is 0 Å². The number of rotatable bonds is 3. The van der Waals surface area contributed by atoms with Crippen LogP contribution in [-0.4, -0.2) is 20.2 Å². The highest BCUT2D eigenvalue weighted by Crippen LogP contribution is 2.43. The molecule has 21 heavy (non-hydrogen) atoms. The van der Waals surface area contributed by atoms with Crippen LogP contribution in [0.4, 0.5) is 0 Å². The normalized spacial score (nSPS) is 16.9. The molecule has 2 aromatic rings. The maximum atomic E-state index is 11.9. The van der Waals surface area contributed by atoms with Crippen LogP contribution < -0.4 is 14.2 Å². The first-order valence-electron chi connectivity index (χ1n) is 6.74. The number of methoxy groups -OCH3 is 2. The van der Waals surface area contributed by atoms with E-state index in [1.807, 2.05) is 30.3 Å². The quantitative estimate of drug-likeness (QED) is 0.641. The molecule has 0 fully saturated rings. The van der Waals surface area contributed by atoms with Crippen LogP contribution in [0.1, 0.15) is 23.5 Å². The third kappa shape index (κ3) is 2.44. The van der Waals surface area contributed by atoms with Crippen molar-refractivity contribution in [2.75, 3.05) is 14.2 Å². The summed E-state index contributed by atoms with van der Waals surface area (Å²) in [5.74, 6) is 1.77. The summed E-state index contributed by atoms with van der Waals surface area (Å²) in [4.78, 5) is 11.9. The molecule has 0 unspecified atom stereocenters. The van der Waals surface area contributed by atoms with E-state index in [0.29, 0.717) is 12.2 Å². The highest BCUT2D eigenvalue weighted by molar-refractivity contribution is 5.78. The predicted molar refractivity (Wildman–Crippen MR) is 78.1 cm³/mol. The zero-order chi connectivity index (χ0) is 14.8. The first-order valence-corrected chi connectivity index (χ1v) is 6.74. The molecule has 0 aromatic heterocycles. The summed E-state index contributed by atoms with van der Waals surface area (Å²) in [5.41, 5.74) is 1.92. The minimum atomic E-state index is -0.233. The second kappa shape index (κ2) is 5.48. The monoisotopic (exact) mass is 284 g/mol. The van der Waals surface area contributed by atoms with Crippen LogP contribution in [0.2, 0.25) is 0 Å². The first-order chi connectivity index (χ1) is 10.2. The number of hydrogen-bond donors (Lipinski definition) is 0. The van der Waals surface area contributed by atoms with E-state index in [9.17, 15) is 4.79 Å². The molecule has 1 heterocycles. The molecule has 0 saturated heterocycles. The molecule has 0 bridgehead atoms. The van der Waals surface area contributed by atoms with Gasteiger partial charge in [0, 0.05) is 17.0 Å². The molecule has 1 aliphatic heterocycles. The van der Waals surface area contributed by atoms with Crippen molar-refractivity contribution < 1.29 is 19.0 Å². The van der Waals surface area contributed by atoms with E-state index in [-0.39, 0.29) is 11.9 Å². The van der Waals surface area contributed by atoms with Crippen LogP contribution in [0.5, 0.6) is 17.2 Å². The Labute approximate surface area is 123 Å². The lowest BCUT2D eigenvalue weighted by molar-refractivity contribution is -0.135. The van der Waals surface area contributed by atoms with Crippen LogP contribution in [0.3, 0.4) is 0 Å². The smallest absolute Gasteiger partial charge is 0.312 e. The van der Waals surface area contributed by atoms with Gasteiger partial charge in [-0.15, -0.1) is 0 Å². The standard InChI is InChI=1S/C17H16O4/c1-19-11-7-8-16-14(9-11)13(10-17(18)21-16)12-5-3-4-6-15(12)20-2/h3-9,13H,10H2,1-2H3/t13-/m0/s1. The molecular formula is C17H16O4. The van der Waals surface area contributed by atoms with Crippen LogP contribution in [0.15, 0.2) is 42.5 Å².